The second-order valence-electron chi connectivity index (χ2n) is 8.72. The van der Waals surface area contributed by atoms with Crippen LogP contribution in [0.2, 0.25) is 0 Å². The summed E-state index contributed by atoms with van der Waals surface area (Å²) in [5.74, 6) is -0.669. The van der Waals surface area contributed by atoms with E-state index in [0.29, 0.717) is 6.42 Å². The highest BCUT2D eigenvalue weighted by Gasteiger charge is 2.31. The largest absolute Gasteiger partial charge is 0.330 e. The lowest BCUT2D eigenvalue weighted by molar-refractivity contribution is -0.135. The van der Waals surface area contributed by atoms with Crippen LogP contribution in [0.1, 0.15) is 82.2 Å². The van der Waals surface area contributed by atoms with Crippen molar-refractivity contribution in [2.75, 3.05) is 6.54 Å². The number of carbonyl (C=O) groups excluding carboxylic acids is 2. The fourth-order valence-electron chi connectivity index (χ4n) is 4.51. The molecule has 2 heterocycles. The second kappa shape index (κ2) is 11.3. The van der Waals surface area contributed by atoms with Gasteiger partial charge in [0.25, 0.3) is 0 Å². The van der Waals surface area contributed by atoms with Gasteiger partial charge >= 0.3 is 5.69 Å². The van der Waals surface area contributed by atoms with E-state index in [1.807, 2.05) is 6.07 Å². The topological polar surface area (TPSA) is 99.1 Å². The number of imide groups is 1. The maximum absolute atomic E-state index is 12.8. The summed E-state index contributed by atoms with van der Waals surface area (Å²) in [5.41, 5.74) is 8.11. The molecule has 1 unspecified atom stereocenters. The van der Waals surface area contributed by atoms with E-state index in [4.69, 9.17) is 5.73 Å². The number of nitrogens with two attached hydrogens (primary N) is 1. The van der Waals surface area contributed by atoms with Crippen molar-refractivity contribution < 1.29 is 9.59 Å². The number of aromatic nitrogens is 2. The summed E-state index contributed by atoms with van der Waals surface area (Å²) in [5, 5.41) is 2.35. The van der Waals surface area contributed by atoms with Crippen molar-refractivity contribution in [3.8, 4) is 0 Å². The van der Waals surface area contributed by atoms with Gasteiger partial charge < -0.3 is 5.73 Å². The molecular weight excluding hydrogens is 392 g/mol. The van der Waals surface area contributed by atoms with Gasteiger partial charge in [0.2, 0.25) is 11.8 Å². The molecule has 1 aliphatic heterocycles. The van der Waals surface area contributed by atoms with Crippen LogP contribution >= 0.6 is 0 Å². The molecule has 7 nitrogen and oxygen atoms in total. The molecular formula is C24H36N4O3. The third-order valence-electron chi connectivity index (χ3n) is 6.35. The Morgan fingerprint density at radius 2 is 1.58 bits per heavy atom. The van der Waals surface area contributed by atoms with E-state index in [1.165, 1.54) is 55.1 Å². The summed E-state index contributed by atoms with van der Waals surface area (Å²) in [4.78, 5) is 36.6. The average Bonchev–Trinajstić information content (AvgIpc) is 3.00. The third-order valence-corrected chi connectivity index (χ3v) is 6.35. The summed E-state index contributed by atoms with van der Waals surface area (Å²) in [6.07, 6.45) is 12.9. The summed E-state index contributed by atoms with van der Waals surface area (Å²) >= 11 is 0. The molecule has 1 fully saturated rings. The molecule has 0 bridgehead atoms. The number of carbonyl (C=O) groups is 2. The Bertz CT molecular complexity index is 960. The zero-order valence-electron chi connectivity index (χ0n) is 18.7. The van der Waals surface area contributed by atoms with Gasteiger partial charge in [0.05, 0.1) is 11.0 Å². The van der Waals surface area contributed by atoms with Crippen LogP contribution in [0, 0.1) is 0 Å². The maximum atomic E-state index is 12.8. The number of hydrogen-bond donors (Lipinski definition) is 2. The van der Waals surface area contributed by atoms with Gasteiger partial charge in [-0.15, -0.1) is 0 Å². The highest BCUT2D eigenvalue weighted by atomic mass is 16.2. The van der Waals surface area contributed by atoms with Gasteiger partial charge in [0, 0.05) is 13.5 Å². The smallest absolute Gasteiger partial charge is 0.329 e. The summed E-state index contributed by atoms with van der Waals surface area (Å²) in [6.45, 7) is 0.807. The van der Waals surface area contributed by atoms with Crippen molar-refractivity contribution in [2.24, 2.45) is 12.8 Å². The van der Waals surface area contributed by atoms with Crippen LogP contribution in [-0.4, -0.2) is 27.5 Å². The highest BCUT2D eigenvalue weighted by molar-refractivity contribution is 6.00. The summed E-state index contributed by atoms with van der Waals surface area (Å²) < 4.78 is 3.14. The lowest BCUT2D eigenvalue weighted by atomic mass is 10.0. The zero-order valence-corrected chi connectivity index (χ0v) is 18.7. The number of hydrogen-bond acceptors (Lipinski definition) is 4. The molecule has 1 atom stereocenters. The van der Waals surface area contributed by atoms with E-state index < -0.39 is 11.9 Å². The number of fused-ring (bicyclic) bond motifs is 1. The van der Waals surface area contributed by atoms with Crippen LogP contribution in [0.5, 0.6) is 0 Å². The Morgan fingerprint density at radius 1 is 0.935 bits per heavy atom. The zero-order chi connectivity index (χ0) is 22.2. The van der Waals surface area contributed by atoms with E-state index in [9.17, 15) is 14.4 Å². The van der Waals surface area contributed by atoms with Crippen LogP contribution in [0.4, 0.5) is 0 Å². The molecule has 0 radical (unpaired) electrons. The molecule has 170 valence electrons. The van der Waals surface area contributed by atoms with Gasteiger partial charge in [0.1, 0.15) is 6.04 Å². The standard InChI is InChI=1S/C24H36N4O3/c1-27-21-17-18(11-9-7-5-3-2-4-6-8-10-16-25)12-13-19(21)28(24(27)31)20-14-15-22(29)26-23(20)30/h12-13,17,20H,2-11,14-16,25H2,1H3,(H,26,29,30). The van der Waals surface area contributed by atoms with Gasteiger partial charge in [-0.25, -0.2) is 4.79 Å². The Balaban J connectivity index is 1.54. The Morgan fingerprint density at radius 3 is 2.23 bits per heavy atom. The predicted molar refractivity (Wildman–Crippen MR) is 123 cm³/mol. The minimum atomic E-state index is -0.630. The van der Waals surface area contributed by atoms with Crippen LogP contribution in [0.25, 0.3) is 11.0 Å². The molecule has 1 saturated heterocycles. The highest BCUT2D eigenvalue weighted by Crippen LogP contribution is 2.24. The lowest BCUT2D eigenvalue weighted by Crippen LogP contribution is -2.44. The first kappa shape index (κ1) is 23.3. The molecule has 1 aromatic heterocycles. The van der Waals surface area contributed by atoms with Crippen molar-refractivity contribution in [1.82, 2.24) is 14.5 Å². The number of aryl methyl sites for hydroxylation is 2. The van der Waals surface area contributed by atoms with Gasteiger partial charge in [-0.1, -0.05) is 51.0 Å². The van der Waals surface area contributed by atoms with E-state index in [2.05, 4.69) is 17.4 Å². The van der Waals surface area contributed by atoms with Crippen LogP contribution in [0.15, 0.2) is 23.0 Å². The molecule has 0 spiro atoms. The number of benzene rings is 1. The minimum absolute atomic E-state index is 0.215. The van der Waals surface area contributed by atoms with E-state index in [0.717, 1.165) is 36.8 Å². The average molecular weight is 429 g/mol. The molecule has 7 heteroatoms. The van der Waals surface area contributed by atoms with Gasteiger partial charge in [-0.2, -0.15) is 0 Å². The molecule has 1 aromatic carbocycles. The van der Waals surface area contributed by atoms with Gasteiger partial charge in [-0.3, -0.25) is 24.0 Å². The Hall–Kier alpha value is -2.41. The first-order chi connectivity index (χ1) is 15.0. The van der Waals surface area contributed by atoms with Gasteiger partial charge in [-0.05, 0) is 49.9 Å². The van der Waals surface area contributed by atoms with Crippen molar-refractivity contribution in [2.45, 2.75) is 83.1 Å². The lowest BCUT2D eigenvalue weighted by Gasteiger charge is -2.21. The monoisotopic (exact) mass is 428 g/mol. The van der Waals surface area contributed by atoms with Crippen molar-refractivity contribution in [3.63, 3.8) is 0 Å². The van der Waals surface area contributed by atoms with E-state index in [-0.39, 0.29) is 18.0 Å². The Labute approximate surface area is 184 Å². The minimum Gasteiger partial charge on any atom is -0.330 e. The number of piperidine rings is 1. The quantitative estimate of drug-likeness (QED) is 0.400. The number of unbranched alkanes of at least 4 members (excludes halogenated alkanes) is 8. The first-order valence-corrected chi connectivity index (χ1v) is 11.8. The molecule has 2 aromatic rings. The molecule has 1 aliphatic rings. The molecule has 2 amide bonds. The van der Waals surface area contributed by atoms with Crippen molar-refractivity contribution >= 4 is 22.8 Å². The molecule has 3 rings (SSSR count). The second-order valence-corrected chi connectivity index (χ2v) is 8.72. The number of nitrogens with one attached hydrogen (secondary N) is 1. The molecule has 31 heavy (non-hydrogen) atoms. The predicted octanol–water partition coefficient (Wildman–Crippen LogP) is 3.33. The molecule has 0 saturated carbocycles. The third kappa shape index (κ3) is 5.85. The fraction of sp³-hybridized carbons (Fsp3) is 0.625. The van der Waals surface area contributed by atoms with Crippen LogP contribution < -0.4 is 16.7 Å². The molecule has 0 aliphatic carbocycles. The SMILES string of the molecule is Cn1c(=O)n(C2CCC(=O)NC2=O)c2ccc(CCCCCCCCCCCN)cc21. The van der Waals surface area contributed by atoms with Gasteiger partial charge in [0.15, 0.2) is 0 Å². The fourth-order valence-corrected chi connectivity index (χ4v) is 4.51. The Kier molecular flexibility index (Phi) is 8.46. The van der Waals surface area contributed by atoms with E-state index >= 15 is 0 Å². The number of imidazole rings is 1. The van der Waals surface area contributed by atoms with E-state index in [1.54, 1.807) is 11.6 Å². The summed E-state index contributed by atoms with van der Waals surface area (Å²) in [6, 6.07) is 5.44. The number of rotatable bonds is 12. The molecule has 3 N–H and O–H groups in total. The normalized spacial score (nSPS) is 16.8. The van der Waals surface area contributed by atoms with Crippen molar-refractivity contribution in [3.05, 3.63) is 34.2 Å². The number of nitrogens with zero attached hydrogens (tertiary/aromatic N) is 2. The van der Waals surface area contributed by atoms with Crippen LogP contribution in [-0.2, 0) is 23.1 Å². The van der Waals surface area contributed by atoms with Crippen LogP contribution in [0.3, 0.4) is 0 Å². The summed E-state index contributed by atoms with van der Waals surface area (Å²) in [7, 11) is 1.74. The van der Waals surface area contributed by atoms with Crippen molar-refractivity contribution in [1.29, 1.82) is 0 Å². The number of amides is 2. The first-order valence-electron chi connectivity index (χ1n) is 11.8. The maximum Gasteiger partial charge on any atom is 0.329 e.